The Labute approximate surface area is 92.7 Å². The second-order valence-corrected chi connectivity index (χ2v) is 3.72. The second-order valence-electron chi connectivity index (χ2n) is 3.72. The van der Waals surface area contributed by atoms with Gasteiger partial charge >= 0.3 is 5.97 Å². The van der Waals surface area contributed by atoms with E-state index in [0.717, 1.165) is 25.9 Å². The molecule has 16 heavy (non-hydrogen) atoms. The van der Waals surface area contributed by atoms with Crippen molar-refractivity contribution in [2.24, 2.45) is 0 Å². The highest BCUT2D eigenvalue weighted by molar-refractivity contribution is 5.68. The van der Waals surface area contributed by atoms with Crippen LogP contribution in [0.2, 0.25) is 0 Å². The Morgan fingerprint density at radius 1 is 1.56 bits per heavy atom. The van der Waals surface area contributed by atoms with Gasteiger partial charge in [-0.15, -0.1) is 5.10 Å². The molecule has 6 heteroatoms. The smallest absolute Gasteiger partial charge is 0.311 e. The molecule has 0 spiro atoms. The molecule has 1 aromatic heterocycles. The first-order valence-electron chi connectivity index (χ1n) is 5.27. The van der Waals surface area contributed by atoms with Gasteiger partial charge in [0.15, 0.2) is 5.82 Å². The van der Waals surface area contributed by atoms with E-state index in [9.17, 15) is 4.79 Å². The van der Waals surface area contributed by atoms with E-state index in [1.165, 1.54) is 0 Å². The van der Waals surface area contributed by atoms with Crippen molar-refractivity contribution in [1.29, 1.82) is 0 Å². The van der Waals surface area contributed by atoms with Crippen molar-refractivity contribution >= 4 is 5.97 Å². The van der Waals surface area contributed by atoms with Gasteiger partial charge in [-0.05, 0) is 19.3 Å². The van der Waals surface area contributed by atoms with Gasteiger partial charge in [0.25, 0.3) is 0 Å². The molecule has 1 saturated heterocycles. The van der Waals surface area contributed by atoms with Crippen LogP contribution in [-0.2, 0) is 16.0 Å². The molecule has 1 fully saturated rings. The van der Waals surface area contributed by atoms with E-state index >= 15 is 0 Å². The molecular weight excluding hydrogens is 210 g/mol. The Kier molecular flexibility index (Phi) is 3.40. The highest BCUT2D eigenvalue weighted by Crippen LogP contribution is 2.25. The molecule has 2 heterocycles. The lowest BCUT2D eigenvalue weighted by atomic mass is 10.1. The van der Waals surface area contributed by atoms with Gasteiger partial charge in [0, 0.05) is 6.61 Å². The molecule has 0 saturated carbocycles. The van der Waals surface area contributed by atoms with E-state index in [4.69, 9.17) is 9.84 Å². The molecule has 1 unspecified atom stereocenters. The van der Waals surface area contributed by atoms with Crippen LogP contribution < -0.4 is 0 Å². The molecule has 1 N–H and O–H groups in total. The summed E-state index contributed by atoms with van der Waals surface area (Å²) in [4.78, 5) is 14.7. The number of hydrogen-bond donors (Lipinski definition) is 1. The van der Waals surface area contributed by atoms with Crippen LogP contribution in [0.1, 0.15) is 36.9 Å². The Morgan fingerprint density at radius 2 is 2.44 bits per heavy atom. The lowest BCUT2D eigenvalue weighted by Gasteiger charge is -2.21. The second kappa shape index (κ2) is 4.98. The van der Waals surface area contributed by atoms with Crippen LogP contribution in [0, 0.1) is 0 Å². The molecule has 0 bridgehead atoms. The maximum Gasteiger partial charge on any atom is 0.311 e. The number of carboxylic acids is 1. The summed E-state index contributed by atoms with van der Waals surface area (Å²) in [7, 11) is 0. The van der Waals surface area contributed by atoms with Crippen LogP contribution in [0.3, 0.4) is 0 Å². The Bertz CT molecular complexity index is 377. The summed E-state index contributed by atoms with van der Waals surface area (Å²) in [6.07, 6.45) is 4.36. The molecule has 1 aromatic rings. The number of rotatable bonds is 3. The van der Waals surface area contributed by atoms with Crippen LogP contribution in [0.15, 0.2) is 6.20 Å². The van der Waals surface area contributed by atoms with Crippen molar-refractivity contribution in [2.45, 2.75) is 31.8 Å². The topological polar surface area (TPSA) is 85.2 Å². The largest absolute Gasteiger partial charge is 0.481 e. The monoisotopic (exact) mass is 223 g/mol. The van der Waals surface area contributed by atoms with Gasteiger partial charge in [0.2, 0.25) is 0 Å². The average Bonchev–Trinajstić information content (AvgIpc) is 2.30. The lowest BCUT2D eigenvalue weighted by Crippen LogP contribution is -2.15. The van der Waals surface area contributed by atoms with Crippen LogP contribution in [0.4, 0.5) is 0 Å². The lowest BCUT2D eigenvalue weighted by molar-refractivity contribution is -0.136. The van der Waals surface area contributed by atoms with Gasteiger partial charge in [-0.3, -0.25) is 4.79 Å². The van der Waals surface area contributed by atoms with E-state index in [2.05, 4.69) is 15.2 Å². The zero-order valence-corrected chi connectivity index (χ0v) is 8.80. The van der Waals surface area contributed by atoms with Gasteiger partial charge < -0.3 is 9.84 Å². The third-order valence-electron chi connectivity index (χ3n) is 2.44. The van der Waals surface area contributed by atoms with Crippen molar-refractivity contribution < 1.29 is 14.6 Å². The molecule has 0 aliphatic carbocycles. The summed E-state index contributed by atoms with van der Waals surface area (Å²) >= 11 is 0. The molecule has 1 atom stereocenters. The standard InChI is InChI=1S/C10H13N3O3/c14-10(15)5-9-12-7(6-11-13-9)8-3-1-2-4-16-8/h6,8H,1-5H2,(H,14,15). The fraction of sp³-hybridized carbons (Fsp3) is 0.600. The summed E-state index contributed by atoms with van der Waals surface area (Å²) in [5.74, 6) is -0.720. The number of ether oxygens (including phenoxy) is 1. The minimum atomic E-state index is -0.955. The van der Waals surface area contributed by atoms with Gasteiger partial charge in [-0.1, -0.05) is 0 Å². The van der Waals surface area contributed by atoms with Crippen LogP contribution in [0.5, 0.6) is 0 Å². The number of carboxylic acid groups (broad SMARTS) is 1. The maximum absolute atomic E-state index is 10.5. The van der Waals surface area contributed by atoms with Crippen molar-refractivity contribution in [2.75, 3.05) is 6.61 Å². The highest BCUT2D eigenvalue weighted by atomic mass is 16.5. The summed E-state index contributed by atoms with van der Waals surface area (Å²) in [5.41, 5.74) is 0.686. The quantitative estimate of drug-likeness (QED) is 0.813. The van der Waals surface area contributed by atoms with Crippen LogP contribution in [0.25, 0.3) is 0 Å². The van der Waals surface area contributed by atoms with Gasteiger partial charge in [-0.25, -0.2) is 4.98 Å². The molecule has 2 rings (SSSR count). The molecule has 0 radical (unpaired) electrons. The van der Waals surface area contributed by atoms with E-state index in [1.807, 2.05) is 0 Å². The minimum Gasteiger partial charge on any atom is -0.481 e. The highest BCUT2D eigenvalue weighted by Gasteiger charge is 2.18. The fourth-order valence-electron chi connectivity index (χ4n) is 1.69. The first-order chi connectivity index (χ1) is 7.75. The maximum atomic E-state index is 10.5. The number of aliphatic carboxylic acids is 1. The van der Waals surface area contributed by atoms with E-state index in [1.54, 1.807) is 6.20 Å². The number of hydrogen-bond acceptors (Lipinski definition) is 5. The fourth-order valence-corrected chi connectivity index (χ4v) is 1.69. The summed E-state index contributed by atoms with van der Waals surface area (Å²) < 4.78 is 5.55. The van der Waals surface area contributed by atoms with Crippen molar-refractivity contribution in [3.8, 4) is 0 Å². The predicted molar refractivity (Wildman–Crippen MR) is 53.7 cm³/mol. The number of aromatic nitrogens is 3. The zero-order chi connectivity index (χ0) is 11.4. The third kappa shape index (κ3) is 2.73. The van der Waals surface area contributed by atoms with Crippen molar-refractivity contribution in [1.82, 2.24) is 15.2 Å². The molecule has 1 aliphatic rings. The van der Waals surface area contributed by atoms with Gasteiger partial charge in [-0.2, -0.15) is 5.10 Å². The van der Waals surface area contributed by atoms with E-state index in [0.29, 0.717) is 5.69 Å². The number of carbonyl (C=O) groups is 1. The molecule has 0 aromatic carbocycles. The summed E-state index contributed by atoms with van der Waals surface area (Å²) in [5, 5.41) is 16.1. The third-order valence-corrected chi connectivity index (χ3v) is 2.44. The van der Waals surface area contributed by atoms with Crippen LogP contribution in [-0.4, -0.2) is 32.9 Å². The van der Waals surface area contributed by atoms with E-state index < -0.39 is 5.97 Å². The Balaban J connectivity index is 2.11. The average molecular weight is 223 g/mol. The normalized spacial score (nSPS) is 20.6. The van der Waals surface area contributed by atoms with Crippen LogP contribution >= 0.6 is 0 Å². The van der Waals surface area contributed by atoms with Gasteiger partial charge in [0.1, 0.15) is 12.5 Å². The van der Waals surface area contributed by atoms with Gasteiger partial charge in [0.05, 0.1) is 11.9 Å². The minimum absolute atomic E-state index is 0.0585. The Hall–Kier alpha value is -1.56. The SMILES string of the molecule is O=C(O)Cc1nncc(C2CCCCO2)n1. The summed E-state index contributed by atoms with van der Waals surface area (Å²) in [6, 6.07) is 0. The first kappa shape index (κ1) is 10.9. The van der Waals surface area contributed by atoms with Crippen molar-refractivity contribution in [3.05, 3.63) is 17.7 Å². The molecule has 0 amide bonds. The summed E-state index contributed by atoms with van der Waals surface area (Å²) in [6.45, 7) is 0.725. The van der Waals surface area contributed by atoms with E-state index in [-0.39, 0.29) is 18.3 Å². The first-order valence-corrected chi connectivity index (χ1v) is 5.27. The number of nitrogens with zero attached hydrogens (tertiary/aromatic N) is 3. The predicted octanol–water partition coefficient (Wildman–Crippen LogP) is 0.740. The molecule has 1 aliphatic heterocycles. The van der Waals surface area contributed by atoms with Crippen molar-refractivity contribution in [3.63, 3.8) is 0 Å². The zero-order valence-electron chi connectivity index (χ0n) is 8.80. The molecule has 6 nitrogen and oxygen atoms in total. The molecule has 86 valence electrons. The molecular formula is C10H13N3O3. The Morgan fingerprint density at radius 3 is 3.12 bits per heavy atom.